The third-order valence-corrected chi connectivity index (χ3v) is 4.53. The van der Waals surface area contributed by atoms with E-state index in [-0.39, 0.29) is 31.9 Å². The first-order valence-electron chi connectivity index (χ1n) is 8.69. The Balaban J connectivity index is 1.38. The Morgan fingerprint density at radius 1 is 1.38 bits per heavy atom. The molecule has 13 heteroatoms. The molecule has 0 aliphatic carbocycles. The van der Waals surface area contributed by atoms with Crippen LogP contribution in [0, 0.1) is 5.82 Å². The zero-order valence-electron chi connectivity index (χ0n) is 15.0. The van der Waals surface area contributed by atoms with Crippen molar-refractivity contribution in [3.8, 4) is 11.4 Å². The van der Waals surface area contributed by atoms with Gasteiger partial charge in [-0.05, 0) is 29.0 Å². The summed E-state index contributed by atoms with van der Waals surface area (Å²) in [4.78, 5) is 13.2. The molecule has 0 radical (unpaired) electrons. The van der Waals surface area contributed by atoms with Gasteiger partial charge in [0, 0.05) is 12.6 Å². The molecule has 0 bridgehead atoms. The summed E-state index contributed by atoms with van der Waals surface area (Å²) >= 11 is 0. The van der Waals surface area contributed by atoms with Crippen LogP contribution in [0.1, 0.15) is 18.2 Å². The van der Waals surface area contributed by atoms with E-state index in [0.717, 1.165) is 4.90 Å². The van der Waals surface area contributed by atoms with Crippen molar-refractivity contribution in [2.75, 3.05) is 13.1 Å². The maximum absolute atomic E-state index is 14.3. The first-order chi connectivity index (χ1) is 14.0. The van der Waals surface area contributed by atoms with Crippen molar-refractivity contribution >= 4 is 6.09 Å². The quantitative estimate of drug-likeness (QED) is 0.671. The van der Waals surface area contributed by atoms with Crippen LogP contribution in [0.3, 0.4) is 0 Å². The number of rotatable bonds is 5. The zero-order chi connectivity index (χ0) is 20.4. The van der Waals surface area contributed by atoms with Crippen LogP contribution in [0.4, 0.5) is 13.6 Å². The van der Waals surface area contributed by atoms with Gasteiger partial charge in [0.2, 0.25) is 0 Å². The number of amides is 1. The van der Waals surface area contributed by atoms with Gasteiger partial charge in [0.15, 0.2) is 11.6 Å². The summed E-state index contributed by atoms with van der Waals surface area (Å²) in [5.41, 5.74) is 0.828. The van der Waals surface area contributed by atoms with Crippen molar-refractivity contribution in [1.82, 2.24) is 40.1 Å². The Morgan fingerprint density at radius 2 is 2.24 bits per heavy atom. The van der Waals surface area contributed by atoms with Crippen molar-refractivity contribution in [1.29, 1.82) is 0 Å². The highest BCUT2D eigenvalue weighted by Gasteiger charge is 2.34. The Hall–Kier alpha value is -3.64. The molecule has 2 atom stereocenters. The summed E-state index contributed by atoms with van der Waals surface area (Å²) < 4.78 is 35.3. The van der Waals surface area contributed by atoms with Crippen LogP contribution in [-0.4, -0.2) is 70.6 Å². The van der Waals surface area contributed by atoms with Crippen LogP contribution in [0.2, 0.25) is 0 Å². The third kappa shape index (κ3) is 3.97. The van der Waals surface area contributed by atoms with E-state index >= 15 is 0 Å². The molecule has 3 heterocycles. The van der Waals surface area contributed by atoms with E-state index < -0.39 is 24.1 Å². The minimum Gasteiger partial charge on any atom is -0.484 e. The van der Waals surface area contributed by atoms with Gasteiger partial charge in [-0.15, -0.1) is 5.10 Å². The van der Waals surface area contributed by atoms with Crippen molar-refractivity contribution in [2.45, 2.75) is 25.2 Å². The number of halogens is 2. The SMILES string of the molecule is O=C(O)N1CC[C@H](n2ncc(COc3ccc(-n4cnnn4)cc3F)n2)[C@@H](F)C1. The fourth-order valence-electron chi connectivity index (χ4n) is 3.04. The summed E-state index contributed by atoms with van der Waals surface area (Å²) in [6, 6.07) is 3.60. The molecule has 1 aliphatic heterocycles. The fourth-order valence-corrected chi connectivity index (χ4v) is 3.04. The van der Waals surface area contributed by atoms with Gasteiger partial charge in [-0.3, -0.25) is 0 Å². The summed E-state index contributed by atoms with van der Waals surface area (Å²) in [6.07, 6.45) is 0.436. The van der Waals surface area contributed by atoms with Crippen molar-refractivity contribution in [3.05, 3.63) is 42.2 Å². The van der Waals surface area contributed by atoms with Crippen LogP contribution < -0.4 is 4.74 Å². The Bertz CT molecular complexity index is 996. The zero-order valence-corrected chi connectivity index (χ0v) is 15.0. The molecule has 0 saturated carbocycles. The third-order valence-electron chi connectivity index (χ3n) is 4.53. The fraction of sp³-hybridized carbons (Fsp3) is 0.375. The number of piperidine rings is 1. The lowest BCUT2D eigenvalue weighted by molar-refractivity contribution is 0.0702. The topological polar surface area (TPSA) is 124 Å². The molecule has 29 heavy (non-hydrogen) atoms. The van der Waals surface area contributed by atoms with Gasteiger partial charge in [-0.1, -0.05) is 0 Å². The molecule has 0 spiro atoms. The first-order valence-corrected chi connectivity index (χ1v) is 8.69. The molecular formula is C16H16F2N8O3. The number of alkyl halides is 1. The largest absolute Gasteiger partial charge is 0.484 e. The lowest BCUT2D eigenvalue weighted by Crippen LogP contribution is -2.45. The maximum atomic E-state index is 14.3. The monoisotopic (exact) mass is 406 g/mol. The van der Waals surface area contributed by atoms with Gasteiger partial charge in [0.25, 0.3) is 0 Å². The molecule has 1 saturated heterocycles. The highest BCUT2D eigenvalue weighted by atomic mass is 19.1. The Kier molecular flexibility index (Phi) is 5.01. The van der Waals surface area contributed by atoms with E-state index in [4.69, 9.17) is 9.84 Å². The molecule has 11 nitrogen and oxygen atoms in total. The highest BCUT2D eigenvalue weighted by molar-refractivity contribution is 5.65. The van der Waals surface area contributed by atoms with E-state index in [1.54, 1.807) is 6.07 Å². The maximum Gasteiger partial charge on any atom is 0.407 e. The number of ether oxygens (including phenoxy) is 1. The van der Waals surface area contributed by atoms with E-state index in [1.807, 2.05) is 0 Å². The van der Waals surface area contributed by atoms with Crippen molar-refractivity contribution in [2.24, 2.45) is 0 Å². The second-order valence-corrected chi connectivity index (χ2v) is 6.41. The molecule has 1 fully saturated rings. The predicted molar refractivity (Wildman–Crippen MR) is 91.6 cm³/mol. The molecule has 3 aromatic rings. The van der Waals surface area contributed by atoms with Crippen LogP contribution in [0.5, 0.6) is 5.75 Å². The van der Waals surface area contributed by atoms with E-state index in [0.29, 0.717) is 11.4 Å². The smallest absolute Gasteiger partial charge is 0.407 e. The molecule has 1 N–H and O–H groups in total. The first kappa shape index (κ1) is 18.7. The normalized spacial score (nSPS) is 19.3. The Labute approximate surface area is 162 Å². The standard InChI is InChI=1S/C16H16F2N8O3/c17-12-5-11(25-9-19-22-23-25)1-2-15(12)29-8-10-6-20-26(21-10)14-3-4-24(16(27)28)7-13(14)18/h1-2,5-6,9,13-14H,3-4,7-8H2,(H,27,28)/t13-,14-/m0/s1. The number of nitrogens with zero attached hydrogens (tertiary/aromatic N) is 8. The molecule has 0 unspecified atom stereocenters. The van der Waals surface area contributed by atoms with E-state index in [9.17, 15) is 13.6 Å². The molecule has 2 aromatic heterocycles. The van der Waals surface area contributed by atoms with Gasteiger partial charge >= 0.3 is 6.09 Å². The summed E-state index contributed by atoms with van der Waals surface area (Å²) in [6.45, 7) is -0.0923. The average molecular weight is 406 g/mol. The van der Waals surface area contributed by atoms with Gasteiger partial charge in [0.1, 0.15) is 30.8 Å². The average Bonchev–Trinajstić information content (AvgIpc) is 3.39. The van der Waals surface area contributed by atoms with E-state index in [1.165, 1.54) is 34.1 Å². The van der Waals surface area contributed by atoms with Crippen LogP contribution in [-0.2, 0) is 6.61 Å². The number of aromatic nitrogens is 7. The number of carbonyl (C=O) groups is 1. The minimum atomic E-state index is -1.42. The number of benzene rings is 1. The number of tetrazole rings is 1. The number of likely N-dealkylation sites (tertiary alicyclic amines) is 1. The number of hydrogen-bond donors (Lipinski definition) is 1. The molecule has 1 amide bonds. The van der Waals surface area contributed by atoms with Gasteiger partial charge in [0.05, 0.1) is 18.4 Å². The molecule has 1 aromatic carbocycles. The van der Waals surface area contributed by atoms with Gasteiger partial charge in [-0.2, -0.15) is 15.0 Å². The predicted octanol–water partition coefficient (Wildman–Crippen LogP) is 1.23. The highest BCUT2D eigenvalue weighted by Crippen LogP contribution is 2.25. The minimum absolute atomic E-state index is 0.00880. The second kappa shape index (κ2) is 7.77. The van der Waals surface area contributed by atoms with Crippen molar-refractivity contribution < 1.29 is 23.4 Å². The van der Waals surface area contributed by atoms with Crippen molar-refractivity contribution in [3.63, 3.8) is 0 Å². The summed E-state index contributed by atoms with van der Waals surface area (Å²) in [7, 11) is 0. The lowest BCUT2D eigenvalue weighted by atomic mass is 10.0. The van der Waals surface area contributed by atoms with Crippen LogP contribution >= 0.6 is 0 Å². The van der Waals surface area contributed by atoms with Crippen LogP contribution in [0.25, 0.3) is 5.69 Å². The Morgan fingerprint density at radius 3 is 2.93 bits per heavy atom. The summed E-state index contributed by atoms with van der Waals surface area (Å²) in [5, 5.41) is 27.8. The molecule has 4 rings (SSSR count). The lowest BCUT2D eigenvalue weighted by Gasteiger charge is -2.32. The number of carboxylic acid groups (broad SMARTS) is 1. The van der Waals surface area contributed by atoms with Gasteiger partial charge in [-0.25, -0.2) is 18.3 Å². The molecular weight excluding hydrogens is 390 g/mol. The van der Waals surface area contributed by atoms with Gasteiger partial charge < -0.3 is 14.7 Å². The van der Waals surface area contributed by atoms with Crippen LogP contribution in [0.15, 0.2) is 30.7 Å². The summed E-state index contributed by atoms with van der Waals surface area (Å²) in [5.74, 6) is -0.593. The molecule has 152 valence electrons. The second-order valence-electron chi connectivity index (χ2n) is 6.41. The van der Waals surface area contributed by atoms with E-state index in [2.05, 4.69) is 25.7 Å². The molecule has 1 aliphatic rings. The number of hydrogen-bond acceptors (Lipinski definition) is 7.